The van der Waals surface area contributed by atoms with Crippen LogP contribution in [-0.4, -0.2) is 35.6 Å². The Morgan fingerprint density at radius 3 is 2.76 bits per heavy atom. The highest BCUT2D eigenvalue weighted by Crippen LogP contribution is 2.35. The molecule has 3 heterocycles. The predicted octanol–water partition coefficient (Wildman–Crippen LogP) is 4.73. The molecule has 5 rings (SSSR count). The van der Waals surface area contributed by atoms with Crippen LogP contribution in [0.15, 0.2) is 48.9 Å². The molecule has 1 amide bonds. The van der Waals surface area contributed by atoms with Gasteiger partial charge in [-0.2, -0.15) is 5.10 Å². The summed E-state index contributed by atoms with van der Waals surface area (Å²) in [4.78, 5) is 28.2. The maximum Gasteiger partial charge on any atom is 0.219 e. The number of nitrogens with one attached hydrogen (secondary N) is 1. The zero-order valence-electron chi connectivity index (χ0n) is 18.8. The lowest BCUT2D eigenvalue weighted by atomic mass is 10.0. The highest BCUT2D eigenvalue weighted by atomic mass is 35.5. The van der Waals surface area contributed by atoms with Crippen molar-refractivity contribution in [3.63, 3.8) is 0 Å². The second-order valence-electron chi connectivity index (χ2n) is 8.73. The van der Waals surface area contributed by atoms with Gasteiger partial charge in [-0.1, -0.05) is 11.6 Å². The first-order valence-corrected chi connectivity index (χ1v) is 11.0. The number of hydrogen-bond donors (Lipinski definition) is 2. The maximum atomic E-state index is 11.4. The van der Waals surface area contributed by atoms with E-state index in [2.05, 4.69) is 20.1 Å². The monoisotopic (exact) mass is 475 g/mol. The third kappa shape index (κ3) is 4.06. The molecular weight excluding hydrogens is 454 g/mol. The van der Waals surface area contributed by atoms with Gasteiger partial charge in [0.1, 0.15) is 27.9 Å². The van der Waals surface area contributed by atoms with Crippen LogP contribution in [-0.2, 0) is 10.3 Å². The minimum absolute atomic E-state index is 0.161. The molecule has 0 atom stereocenters. The van der Waals surface area contributed by atoms with E-state index >= 15 is 0 Å². The standard InChI is InChI=1S/C24H22ClN7O2/c1-13-29-16-5-4-15(8-18(16)30-13)34-20-7-6-17-23(22(20)25)31-19(11-27-17)14-10-28-32(12-14)24(2,3)9-21(26)33/h4-8,10-12H,9H2,1-3H3,(H2,26,33)(H,29,30). The van der Waals surface area contributed by atoms with Gasteiger partial charge in [0, 0.05) is 17.8 Å². The number of aromatic amines is 1. The van der Waals surface area contributed by atoms with Gasteiger partial charge >= 0.3 is 0 Å². The summed E-state index contributed by atoms with van der Waals surface area (Å²) in [5.74, 6) is 1.53. The summed E-state index contributed by atoms with van der Waals surface area (Å²) < 4.78 is 7.76. The highest BCUT2D eigenvalue weighted by Gasteiger charge is 2.24. The molecular formula is C24H22ClN7O2. The van der Waals surface area contributed by atoms with Crippen molar-refractivity contribution in [2.45, 2.75) is 32.7 Å². The Bertz CT molecular complexity index is 1550. The molecule has 5 aromatic rings. The SMILES string of the molecule is Cc1nc2ccc(Oc3ccc4ncc(-c5cnn(C(C)(C)CC(N)=O)c5)nc4c3Cl)cc2[nH]1. The van der Waals surface area contributed by atoms with Crippen molar-refractivity contribution in [2.75, 3.05) is 0 Å². The van der Waals surface area contributed by atoms with Gasteiger partial charge in [-0.05, 0) is 45.0 Å². The van der Waals surface area contributed by atoms with Gasteiger partial charge in [0.2, 0.25) is 5.91 Å². The minimum atomic E-state index is -0.568. The Labute approximate surface area is 199 Å². The van der Waals surface area contributed by atoms with Crippen molar-refractivity contribution in [3.8, 4) is 22.8 Å². The van der Waals surface area contributed by atoms with E-state index in [9.17, 15) is 4.79 Å². The molecule has 0 saturated heterocycles. The lowest BCUT2D eigenvalue weighted by Gasteiger charge is -2.23. The number of carbonyl (C=O) groups excluding carboxylic acids is 1. The van der Waals surface area contributed by atoms with Crippen LogP contribution in [0.4, 0.5) is 0 Å². The second-order valence-corrected chi connectivity index (χ2v) is 9.11. The molecule has 2 aromatic carbocycles. The molecule has 0 aliphatic rings. The van der Waals surface area contributed by atoms with E-state index in [0.717, 1.165) is 22.4 Å². The summed E-state index contributed by atoms with van der Waals surface area (Å²) in [7, 11) is 0. The molecule has 10 heteroatoms. The number of halogens is 1. The number of ether oxygens (including phenoxy) is 1. The topological polar surface area (TPSA) is 125 Å². The normalized spacial score (nSPS) is 11.9. The smallest absolute Gasteiger partial charge is 0.219 e. The van der Waals surface area contributed by atoms with E-state index in [1.807, 2.05) is 51.2 Å². The quantitative estimate of drug-likeness (QED) is 0.365. The first kappa shape index (κ1) is 21.8. The van der Waals surface area contributed by atoms with Crippen LogP contribution in [0.2, 0.25) is 5.02 Å². The summed E-state index contributed by atoms with van der Waals surface area (Å²) in [6.45, 7) is 5.69. The Morgan fingerprint density at radius 1 is 1.18 bits per heavy atom. The second kappa shape index (κ2) is 8.11. The van der Waals surface area contributed by atoms with Crippen molar-refractivity contribution >= 4 is 39.6 Å². The van der Waals surface area contributed by atoms with Gasteiger partial charge in [-0.25, -0.2) is 9.97 Å². The molecule has 172 valence electrons. The van der Waals surface area contributed by atoms with E-state index < -0.39 is 11.4 Å². The number of fused-ring (bicyclic) bond motifs is 2. The zero-order valence-corrected chi connectivity index (χ0v) is 19.6. The summed E-state index contributed by atoms with van der Waals surface area (Å²) in [6, 6.07) is 9.18. The number of amides is 1. The third-order valence-corrected chi connectivity index (χ3v) is 5.89. The van der Waals surface area contributed by atoms with Crippen molar-refractivity contribution in [1.29, 1.82) is 0 Å². The van der Waals surface area contributed by atoms with E-state index in [1.165, 1.54) is 0 Å². The Balaban J connectivity index is 1.48. The highest BCUT2D eigenvalue weighted by molar-refractivity contribution is 6.36. The van der Waals surface area contributed by atoms with Crippen LogP contribution >= 0.6 is 11.6 Å². The number of nitrogens with zero attached hydrogens (tertiary/aromatic N) is 5. The molecule has 0 aliphatic heterocycles. The summed E-state index contributed by atoms with van der Waals surface area (Å²) in [5.41, 5.74) is 9.05. The summed E-state index contributed by atoms with van der Waals surface area (Å²) >= 11 is 6.69. The van der Waals surface area contributed by atoms with E-state index in [1.54, 1.807) is 23.1 Å². The van der Waals surface area contributed by atoms with Crippen molar-refractivity contribution in [3.05, 3.63) is 59.8 Å². The fourth-order valence-electron chi connectivity index (χ4n) is 3.84. The molecule has 0 fully saturated rings. The van der Waals surface area contributed by atoms with E-state index in [-0.39, 0.29) is 6.42 Å². The molecule has 0 saturated carbocycles. The number of nitrogens with two attached hydrogens (primary N) is 1. The lowest BCUT2D eigenvalue weighted by Crippen LogP contribution is -2.32. The minimum Gasteiger partial charge on any atom is -0.456 e. The predicted molar refractivity (Wildman–Crippen MR) is 130 cm³/mol. The van der Waals surface area contributed by atoms with Crippen molar-refractivity contribution < 1.29 is 9.53 Å². The Hall–Kier alpha value is -3.98. The van der Waals surface area contributed by atoms with Gasteiger partial charge in [0.25, 0.3) is 0 Å². The number of hydrogen-bond acceptors (Lipinski definition) is 6. The van der Waals surface area contributed by atoms with Crippen LogP contribution in [0, 0.1) is 6.92 Å². The average molecular weight is 476 g/mol. The van der Waals surface area contributed by atoms with Crippen LogP contribution in [0.5, 0.6) is 11.5 Å². The Kier molecular flexibility index (Phi) is 5.21. The Morgan fingerprint density at radius 2 is 1.97 bits per heavy atom. The molecule has 3 aromatic heterocycles. The van der Waals surface area contributed by atoms with Gasteiger partial charge in [0.05, 0.1) is 46.6 Å². The largest absolute Gasteiger partial charge is 0.456 e. The molecule has 0 radical (unpaired) electrons. The average Bonchev–Trinajstić information content (AvgIpc) is 3.41. The molecule has 0 bridgehead atoms. The van der Waals surface area contributed by atoms with Gasteiger partial charge in [-0.15, -0.1) is 0 Å². The molecule has 0 unspecified atom stereocenters. The summed E-state index contributed by atoms with van der Waals surface area (Å²) in [6.07, 6.45) is 5.31. The first-order chi connectivity index (χ1) is 16.2. The number of primary amides is 1. The molecule has 9 nitrogen and oxygen atoms in total. The fraction of sp³-hybridized carbons (Fsp3) is 0.208. The summed E-state index contributed by atoms with van der Waals surface area (Å²) in [5, 5.41) is 4.75. The third-order valence-electron chi connectivity index (χ3n) is 5.52. The zero-order chi connectivity index (χ0) is 24.0. The van der Waals surface area contributed by atoms with Crippen LogP contribution in [0.25, 0.3) is 33.3 Å². The number of benzene rings is 2. The number of carbonyl (C=O) groups is 1. The molecule has 34 heavy (non-hydrogen) atoms. The van der Waals surface area contributed by atoms with Crippen molar-refractivity contribution in [2.24, 2.45) is 5.73 Å². The fourth-order valence-corrected chi connectivity index (χ4v) is 4.09. The lowest BCUT2D eigenvalue weighted by molar-refractivity contribution is -0.119. The van der Waals surface area contributed by atoms with Crippen LogP contribution in [0.3, 0.4) is 0 Å². The molecule has 0 aliphatic carbocycles. The van der Waals surface area contributed by atoms with E-state index in [4.69, 9.17) is 27.1 Å². The van der Waals surface area contributed by atoms with Crippen LogP contribution in [0.1, 0.15) is 26.1 Å². The van der Waals surface area contributed by atoms with Crippen molar-refractivity contribution in [1.82, 2.24) is 29.7 Å². The number of rotatable bonds is 6. The number of imidazole rings is 1. The number of aromatic nitrogens is 6. The van der Waals surface area contributed by atoms with Gasteiger partial charge in [-0.3, -0.25) is 14.5 Å². The molecule has 0 spiro atoms. The number of aryl methyl sites for hydroxylation is 1. The van der Waals surface area contributed by atoms with Gasteiger partial charge < -0.3 is 15.5 Å². The van der Waals surface area contributed by atoms with E-state index in [0.29, 0.717) is 33.2 Å². The maximum absolute atomic E-state index is 11.4. The number of H-pyrrole nitrogens is 1. The van der Waals surface area contributed by atoms with Gasteiger partial charge in [0.15, 0.2) is 0 Å². The van der Waals surface area contributed by atoms with Crippen LogP contribution < -0.4 is 10.5 Å². The molecule has 3 N–H and O–H groups in total. The first-order valence-electron chi connectivity index (χ1n) is 10.6.